The molecule has 1 heteroatoms. The number of hydrogen-bond acceptors (Lipinski definition) is 0. The Morgan fingerprint density at radius 1 is 0.926 bits per heavy atom. The van der Waals surface area contributed by atoms with Crippen molar-refractivity contribution in [3.05, 3.63) is 95.3 Å². The molecule has 0 nitrogen and oxygen atoms in total. The third kappa shape index (κ3) is 4.86. The number of allylic oxidation sites excluding steroid dienone is 1. The molecule has 0 spiro atoms. The van der Waals surface area contributed by atoms with Crippen LogP contribution in [0.2, 0.25) is 0 Å². The quantitative estimate of drug-likeness (QED) is 0.335. The molecule has 3 aromatic rings. The molecule has 0 aliphatic heterocycles. The molecular formula is C26H25F. The Balaban J connectivity index is 1.80. The summed E-state index contributed by atoms with van der Waals surface area (Å²) in [5.74, 6) is 6.28. The maximum Gasteiger partial charge on any atom is 0.134 e. The van der Waals surface area contributed by atoms with Crippen molar-refractivity contribution in [3.8, 4) is 11.8 Å². The first-order chi connectivity index (χ1) is 13.2. The number of benzene rings is 3. The molecular weight excluding hydrogens is 331 g/mol. The topological polar surface area (TPSA) is 0 Å². The zero-order chi connectivity index (χ0) is 19.1. The van der Waals surface area contributed by atoms with E-state index in [1.807, 2.05) is 36.4 Å². The lowest BCUT2D eigenvalue weighted by molar-refractivity contribution is 0.621. The van der Waals surface area contributed by atoms with E-state index >= 15 is 0 Å². The van der Waals surface area contributed by atoms with Crippen LogP contribution in [0, 0.1) is 17.7 Å². The summed E-state index contributed by atoms with van der Waals surface area (Å²) in [6.07, 6.45) is 6.83. The van der Waals surface area contributed by atoms with E-state index in [0.29, 0.717) is 11.8 Å². The number of halogens is 1. The third-order valence-corrected chi connectivity index (χ3v) is 4.78. The zero-order valence-electron chi connectivity index (χ0n) is 15.9. The highest BCUT2D eigenvalue weighted by Crippen LogP contribution is 2.23. The minimum atomic E-state index is -0.128. The highest BCUT2D eigenvalue weighted by molar-refractivity contribution is 5.85. The van der Waals surface area contributed by atoms with Gasteiger partial charge in [-0.3, -0.25) is 0 Å². The molecule has 27 heavy (non-hydrogen) atoms. The summed E-state index contributed by atoms with van der Waals surface area (Å²) in [6.45, 7) is 5.91. The monoisotopic (exact) mass is 356 g/mol. The second-order valence-corrected chi connectivity index (χ2v) is 6.85. The standard InChI is InChI=1S/C26H25F/c1-3-5-7-20-9-11-21(12-10-20)13-14-22-15-18-25-24(19-22)17-16-23(26(25)27)8-6-4-2/h4,9-12,15-19H,2-3,5-8H2,1H3. The van der Waals surface area contributed by atoms with E-state index in [-0.39, 0.29) is 5.82 Å². The first-order valence-electron chi connectivity index (χ1n) is 9.64. The fourth-order valence-electron chi connectivity index (χ4n) is 3.15. The van der Waals surface area contributed by atoms with Gasteiger partial charge in [0.1, 0.15) is 5.82 Å². The highest BCUT2D eigenvalue weighted by Gasteiger charge is 2.07. The van der Waals surface area contributed by atoms with E-state index in [2.05, 4.69) is 49.6 Å². The summed E-state index contributed by atoms with van der Waals surface area (Å²) >= 11 is 0. The predicted molar refractivity (Wildman–Crippen MR) is 113 cm³/mol. The first kappa shape index (κ1) is 18.9. The van der Waals surface area contributed by atoms with Gasteiger partial charge < -0.3 is 0 Å². The number of fused-ring (bicyclic) bond motifs is 1. The van der Waals surface area contributed by atoms with Crippen LogP contribution in [0.1, 0.15) is 48.4 Å². The maximum atomic E-state index is 14.6. The molecule has 3 aromatic carbocycles. The second kappa shape index (κ2) is 9.19. The summed E-state index contributed by atoms with van der Waals surface area (Å²) in [5.41, 5.74) is 4.00. The van der Waals surface area contributed by atoms with Gasteiger partial charge in [0.2, 0.25) is 0 Å². The summed E-state index contributed by atoms with van der Waals surface area (Å²) < 4.78 is 14.6. The molecule has 0 radical (unpaired) electrons. The Hall–Kier alpha value is -2.85. The smallest absolute Gasteiger partial charge is 0.134 e. The lowest BCUT2D eigenvalue weighted by Crippen LogP contribution is -1.92. The molecule has 0 saturated heterocycles. The Morgan fingerprint density at radius 2 is 1.67 bits per heavy atom. The molecule has 0 amide bonds. The molecule has 0 aliphatic rings. The predicted octanol–water partition coefficient (Wildman–Crippen LogP) is 6.84. The lowest BCUT2D eigenvalue weighted by Gasteiger charge is -2.06. The molecule has 0 N–H and O–H groups in total. The summed E-state index contributed by atoms with van der Waals surface area (Å²) in [5, 5.41) is 1.54. The number of hydrogen-bond donors (Lipinski definition) is 0. The molecule has 0 unspecified atom stereocenters. The van der Waals surface area contributed by atoms with Crippen LogP contribution in [-0.2, 0) is 12.8 Å². The van der Waals surface area contributed by atoms with Crippen LogP contribution in [0.3, 0.4) is 0 Å². The van der Waals surface area contributed by atoms with Crippen LogP contribution in [0.5, 0.6) is 0 Å². The van der Waals surface area contributed by atoms with Gasteiger partial charge in [-0.2, -0.15) is 0 Å². The molecule has 3 rings (SSSR count). The van der Waals surface area contributed by atoms with Crippen molar-refractivity contribution in [2.75, 3.05) is 0 Å². The van der Waals surface area contributed by atoms with Gasteiger partial charge in [-0.1, -0.05) is 61.6 Å². The van der Waals surface area contributed by atoms with E-state index in [9.17, 15) is 4.39 Å². The van der Waals surface area contributed by atoms with E-state index in [4.69, 9.17) is 0 Å². The van der Waals surface area contributed by atoms with Crippen molar-refractivity contribution >= 4 is 10.8 Å². The highest BCUT2D eigenvalue weighted by atomic mass is 19.1. The number of rotatable bonds is 6. The van der Waals surface area contributed by atoms with Crippen molar-refractivity contribution in [3.63, 3.8) is 0 Å². The van der Waals surface area contributed by atoms with Crippen LogP contribution >= 0.6 is 0 Å². The molecule has 0 aliphatic carbocycles. The van der Waals surface area contributed by atoms with Crippen LogP contribution in [0.25, 0.3) is 10.8 Å². The lowest BCUT2D eigenvalue weighted by atomic mass is 10.0. The Bertz CT molecular complexity index is 984. The maximum absolute atomic E-state index is 14.6. The second-order valence-electron chi connectivity index (χ2n) is 6.85. The Labute approximate surface area is 161 Å². The van der Waals surface area contributed by atoms with Gasteiger partial charge in [-0.15, -0.1) is 6.58 Å². The summed E-state index contributed by atoms with van der Waals surface area (Å²) in [7, 11) is 0. The van der Waals surface area contributed by atoms with Crippen LogP contribution in [0.15, 0.2) is 67.3 Å². The van der Waals surface area contributed by atoms with Gasteiger partial charge in [0.25, 0.3) is 0 Å². The van der Waals surface area contributed by atoms with E-state index in [0.717, 1.165) is 34.9 Å². The molecule has 0 fully saturated rings. The van der Waals surface area contributed by atoms with Crippen LogP contribution in [-0.4, -0.2) is 0 Å². The zero-order valence-corrected chi connectivity index (χ0v) is 15.9. The number of unbranched alkanes of at least 4 members (excludes halogenated alkanes) is 1. The first-order valence-corrected chi connectivity index (χ1v) is 9.64. The molecule has 0 atom stereocenters. The minimum absolute atomic E-state index is 0.128. The van der Waals surface area contributed by atoms with Gasteiger partial charge in [0.05, 0.1) is 0 Å². The fraction of sp³-hybridized carbons (Fsp3) is 0.231. The summed E-state index contributed by atoms with van der Waals surface area (Å²) in [6, 6.07) is 18.0. The third-order valence-electron chi connectivity index (χ3n) is 4.78. The van der Waals surface area contributed by atoms with Crippen molar-refractivity contribution in [1.29, 1.82) is 0 Å². The SMILES string of the molecule is C=CCCc1ccc2cc(C#Cc3ccc(CCCC)cc3)ccc2c1F. The molecule has 0 saturated carbocycles. The Kier molecular flexibility index (Phi) is 6.44. The van der Waals surface area contributed by atoms with E-state index in [1.54, 1.807) is 0 Å². The van der Waals surface area contributed by atoms with E-state index in [1.165, 1.54) is 18.4 Å². The van der Waals surface area contributed by atoms with Gasteiger partial charge in [0, 0.05) is 16.5 Å². The van der Waals surface area contributed by atoms with Crippen molar-refractivity contribution in [2.45, 2.75) is 39.0 Å². The van der Waals surface area contributed by atoms with Gasteiger partial charge in [-0.25, -0.2) is 4.39 Å². The van der Waals surface area contributed by atoms with Crippen molar-refractivity contribution < 1.29 is 4.39 Å². The van der Waals surface area contributed by atoms with E-state index < -0.39 is 0 Å². The van der Waals surface area contributed by atoms with Crippen molar-refractivity contribution in [1.82, 2.24) is 0 Å². The van der Waals surface area contributed by atoms with Gasteiger partial charge in [0.15, 0.2) is 0 Å². The largest absolute Gasteiger partial charge is 0.206 e. The molecule has 0 heterocycles. The fourth-order valence-corrected chi connectivity index (χ4v) is 3.15. The molecule has 0 aromatic heterocycles. The number of aryl methyl sites for hydroxylation is 2. The molecule has 0 bridgehead atoms. The molecule has 136 valence electrons. The normalized spacial score (nSPS) is 10.4. The average molecular weight is 356 g/mol. The summed E-state index contributed by atoms with van der Waals surface area (Å²) in [4.78, 5) is 0. The van der Waals surface area contributed by atoms with Gasteiger partial charge in [-0.05, 0) is 66.5 Å². The van der Waals surface area contributed by atoms with Gasteiger partial charge >= 0.3 is 0 Å². The van der Waals surface area contributed by atoms with Crippen LogP contribution < -0.4 is 0 Å². The minimum Gasteiger partial charge on any atom is -0.206 e. The van der Waals surface area contributed by atoms with Crippen LogP contribution in [0.4, 0.5) is 4.39 Å². The van der Waals surface area contributed by atoms with Crippen molar-refractivity contribution in [2.24, 2.45) is 0 Å². The average Bonchev–Trinajstić information content (AvgIpc) is 2.71. The Morgan fingerprint density at radius 3 is 2.41 bits per heavy atom.